The van der Waals surface area contributed by atoms with Crippen LogP contribution in [-0.2, 0) is 6.42 Å². The lowest BCUT2D eigenvalue weighted by Gasteiger charge is -2.26. The quantitative estimate of drug-likeness (QED) is 0.768. The summed E-state index contributed by atoms with van der Waals surface area (Å²) < 4.78 is 12.7. The van der Waals surface area contributed by atoms with Gasteiger partial charge in [-0.15, -0.1) is 0 Å². The maximum absolute atomic E-state index is 11.2. The van der Waals surface area contributed by atoms with Gasteiger partial charge in [0.15, 0.2) is 5.69 Å². The Morgan fingerprint density at radius 1 is 1.50 bits per heavy atom. The summed E-state index contributed by atoms with van der Waals surface area (Å²) in [4.78, 5) is 20.0. The Hall–Kier alpha value is -3.16. The first kappa shape index (κ1) is 14.4. The molecule has 2 N–H and O–H groups in total. The van der Waals surface area contributed by atoms with Crippen molar-refractivity contribution in [1.82, 2.24) is 19.7 Å². The van der Waals surface area contributed by atoms with E-state index in [1.54, 1.807) is 30.3 Å². The van der Waals surface area contributed by atoms with Crippen molar-refractivity contribution < 1.29 is 14.3 Å². The van der Waals surface area contributed by atoms with Crippen molar-refractivity contribution in [2.75, 3.05) is 13.7 Å². The Morgan fingerprint density at radius 3 is 3.12 bits per heavy atom. The summed E-state index contributed by atoms with van der Waals surface area (Å²) in [5, 5.41) is 4.17. The molecule has 24 heavy (non-hydrogen) atoms. The fraction of sp³-hybridized carbons (Fsp3) is 0.250. The molecular formula is C16H14N5O3. The molecule has 8 heteroatoms. The first-order chi connectivity index (χ1) is 11.7. The molecule has 0 bridgehead atoms. The Morgan fingerprint density at radius 2 is 2.38 bits per heavy atom. The molecule has 4 rings (SSSR count). The van der Waals surface area contributed by atoms with Crippen LogP contribution in [0, 0.1) is 6.07 Å². The minimum atomic E-state index is -0.605. The van der Waals surface area contributed by atoms with Crippen LogP contribution in [0.1, 0.15) is 22.1 Å². The SMILES string of the molecule is COc1ccc2ncc3c(c2n1)CC(n1c[c]c(C(N)=O)n1)CO3. The van der Waals surface area contributed by atoms with Crippen LogP contribution in [0.15, 0.2) is 24.5 Å². The van der Waals surface area contributed by atoms with Gasteiger partial charge < -0.3 is 15.2 Å². The zero-order valence-electron chi connectivity index (χ0n) is 12.9. The Labute approximate surface area is 137 Å². The average Bonchev–Trinajstić information content (AvgIpc) is 3.11. The molecule has 0 spiro atoms. The van der Waals surface area contributed by atoms with E-state index in [2.05, 4.69) is 21.1 Å². The Balaban J connectivity index is 1.74. The number of carbonyl (C=O) groups is 1. The zero-order chi connectivity index (χ0) is 16.7. The van der Waals surface area contributed by atoms with Crippen LogP contribution in [0.3, 0.4) is 0 Å². The van der Waals surface area contributed by atoms with Crippen LogP contribution < -0.4 is 15.2 Å². The lowest BCUT2D eigenvalue weighted by atomic mass is 10.0. The normalized spacial score (nSPS) is 16.5. The molecule has 1 unspecified atom stereocenters. The molecule has 4 heterocycles. The summed E-state index contributed by atoms with van der Waals surface area (Å²) in [5.41, 5.74) is 7.78. The minimum absolute atomic E-state index is 0.0829. The van der Waals surface area contributed by atoms with Gasteiger partial charge in [-0.05, 0) is 6.07 Å². The number of hydrogen-bond acceptors (Lipinski definition) is 6. The van der Waals surface area contributed by atoms with E-state index in [9.17, 15) is 4.79 Å². The fourth-order valence-corrected chi connectivity index (χ4v) is 2.78. The van der Waals surface area contributed by atoms with E-state index in [1.807, 2.05) is 6.07 Å². The molecule has 1 atom stereocenters. The van der Waals surface area contributed by atoms with Crippen LogP contribution in [0.5, 0.6) is 11.6 Å². The maximum atomic E-state index is 11.2. The first-order valence-corrected chi connectivity index (χ1v) is 7.38. The number of methoxy groups -OCH3 is 1. The van der Waals surface area contributed by atoms with Crippen molar-refractivity contribution in [3.05, 3.63) is 41.9 Å². The third-order valence-electron chi connectivity index (χ3n) is 3.99. The van der Waals surface area contributed by atoms with Crippen LogP contribution in [0.2, 0.25) is 0 Å². The number of primary amides is 1. The number of nitrogens with two attached hydrogens (primary N) is 1. The van der Waals surface area contributed by atoms with Gasteiger partial charge >= 0.3 is 0 Å². The van der Waals surface area contributed by atoms with Crippen molar-refractivity contribution in [3.8, 4) is 11.6 Å². The van der Waals surface area contributed by atoms with Gasteiger partial charge in [0, 0.05) is 30.3 Å². The summed E-state index contributed by atoms with van der Waals surface area (Å²) in [6, 6.07) is 6.30. The molecule has 1 amide bonds. The van der Waals surface area contributed by atoms with E-state index in [1.165, 1.54) is 0 Å². The van der Waals surface area contributed by atoms with Crippen molar-refractivity contribution in [2.24, 2.45) is 5.73 Å². The van der Waals surface area contributed by atoms with Crippen molar-refractivity contribution in [3.63, 3.8) is 0 Å². The highest BCUT2D eigenvalue weighted by Gasteiger charge is 2.25. The smallest absolute Gasteiger partial charge is 0.269 e. The number of aromatic nitrogens is 4. The van der Waals surface area contributed by atoms with E-state index in [0.717, 1.165) is 16.6 Å². The molecule has 1 aliphatic rings. The van der Waals surface area contributed by atoms with Crippen molar-refractivity contribution >= 4 is 16.9 Å². The monoisotopic (exact) mass is 324 g/mol. The number of amides is 1. The highest BCUT2D eigenvalue weighted by atomic mass is 16.5. The topological polar surface area (TPSA) is 105 Å². The zero-order valence-corrected chi connectivity index (χ0v) is 12.9. The second-order valence-electron chi connectivity index (χ2n) is 5.46. The largest absolute Gasteiger partial charge is 0.489 e. The minimum Gasteiger partial charge on any atom is -0.489 e. The highest BCUT2D eigenvalue weighted by Crippen LogP contribution is 2.33. The van der Waals surface area contributed by atoms with Gasteiger partial charge in [0.05, 0.1) is 30.4 Å². The number of ether oxygens (including phenoxy) is 2. The molecule has 0 fully saturated rings. The molecule has 0 aromatic carbocycles. The number of hydrogen-bond donors (Lipinski definition) is 1. The number of pyridine rings is 2. The first-order valence-electron chi connectivity index (χ1n) is 7.38. The molecule has 0 saturated heterocycles. The Bertz CT molecular complexity index is 931. The summed E-state index contributed by atoms with van der Waals surface area (Å²) in [7, 11) is 1.57. The van der Waals surface area contributed by atoms with Gasteiger partial charge in [-0.25, -0.2) is 4.98 Å². The van der Waals surface area contributed by atoms with Gasteiger partial charge in [-0.3, -0.25) is 14.5 Å². The molecule has 1 radical (unpaired) electrons. The maximum Gasteiger partial charge on any atom is 0.269 e. The fourth-order valence-electron chi connectivity index (χ4n) is 2.78. The molecule has 0 aliphatic carbocycles. The third kappa shape index (κ3) is 2.32. The molecule has 1 aliphatic heterocycles. The van der Waals surface area contributed by atoms with E-state index >= 15 is 0 Å². The Kier molecular flexibility index (Phi) is 3.30. The number of nitrogens with zero attached hydrogens (tertiary/aromatic N) is 4. The van der Waals surface area contributed by atoms with Crippen LogP contribution in [0.25, 0.3) is 11.0 Å². The van der Waals surface area contributed by atoms with Crippen molar-refractivity contribution in [1.29, 1.82) is 0 Å². The lowest BCUT2D eigenvalue weighted by molar-refractivity contribution is 0.0993. The third-order valence-corrected chi connectivity index (χ3v) is 3.99. The number of fused-ring (bicyclic) bond motifs is 3. The van der Waals surface area contributed by atoms with E-state index < -0.39 is 5.91 Å². The predicted molar refractivity (Wildman–Crippen MR) is 83.9 cm³/mol. The van der Waals surface area contributed by atoms with Gasteiger partial charge in [-0.1, -0.05) is 0 Å². The average molecular weight is 324 g/mol. The second-order valence-corrected chi connectivity index (χ2v) is 5.46. The molecule has 8 nitrogen and oxygen atoms in total. The summed E-state index contributed by atoms with van der Waals surface area (Å²) >= 11 is 0. The van der Waals surface area contributed by atoms with Gasteiger partial charge in [0.25, 0.3) is 5.91 Å². The van der Waals surface area contributed by atoms with Crippen LogP contribution in [-0.4, -0.2) is 39.4 Å². The van der Waals surface area contributed by atoms with Crippen molar-refractivity contribution in [2.45, 2.75) is 12.5 Å². The predicted octanol–water partition coefficient (Wildman–Crippen LogP) is 0.910. The summed E-state index contributed by atoms with van der Waals surface area (Å²) in [6.45, 7) is 0.415. The van der Waals surface area contributed by atoms with Gasteiger partial charge in [-0.2, -0.15) is 5.10 Å². The molecule has 121 valence electrons. The number of carbonyl (C=O) groups excluding carboxylic acids is 1. The number of rotatable bonds is 3. The van der Waals surface area contributed by atoms with Crippen LogP contribution >= 0.6 is 0 Å². The summed E-state index contributed by atoms with van der Waals surface area (Å²) in [5.74, 6) is 0.612. The van der Waals surface area contributed by atoms with E-state index in [4.69, 9.17) is 15.2 Å². The standard InChI is InChI=1S/C16H14N5O3/c1-23-14-3-2-11-15(19-14)10-6-9(8-24-13(10)7-18-11)21-5-4-12(20-21)16(17)22/h2-3,5,7,9H,6,8H2,1H3,(H2,17,22). The lowest BCUT2D eigenvalue weighted by Crippen LogP contribution is -2.26. The molecular weight excluding hydrogens is 310 g/mol. The summed E-state index contributed by atoms with van der Waals surface area (Å²) in [6.07, 6.45) is 3.95. The van der Waals surface area contributed by atoms with Gasteiger partial charge in [0.1, 0.15) is 12.4 Å². The molecule has 3 aromatic rings. The van der Waals surface area contributed by atoms with E-state index in [-0.39, 0.29) is 11.7 Å². The molecule has 3 aromatic heterocycles. The second kappa shape index (κ2) is 5.48. The highest BCUT2D eigenvalue weighted by molar-refractivity contribution is 5.90. The molecule has 0 saturated carbocycles. The van der Waals surface area contributed by atoms with E-state index in [0.29, 0.717) is 24.7 Å². The van der Waals surface area contributed by atoms with Gasteiger partial charge in [0.2, 0.25) is 5.88 Å². The van der Waals surface area contributed by atoms with Crippen LogP contribution in [0.4, 0.5) is 0 Å².